The van der Waals surface area contributed by atoms with Crippen LogP contribution in [0.1, 0.15) is 41.7 Å². The molecule has 0 aromatic heterocycles. The SMILES string of the molecule is [C-]#[N+]c1ccc2c(c1)C(C)(C)c1c3c(c4ccccc4c1-2)OC(c1ccc(SC)cc1)(c1ccc(SC)cc1)C=C3. The van der Waals surface area contributed by atoms with Gasteiger partial charge in [0.25, 0.3) is 0 Å². The number of thioether (sulfide) groups is 2. The first kappa shape index (κ1) is 26.0. The molecule has 4 heteroatoms. The molecule has 0 fully saturated rings. The van der Waals surface area contributed by atoms with Gasteiger partial charge in [0.2, 0.25) is 0 Å². The summed E-state index contributed by atoms with van der Waals surface area (Å²) in [6.45, 7) is 12.2. The lowest BCUT2D eigenvalue weighted by atomic mass is 9.77. The molecule has 1 heterocycles. The minimum absolute atomic E-state index is 0.285. The quantitative estimate of drug-likeness (QED) is 0.158. The van der Waals surface area contributed by atoms with Gasteiger partial charge in [-0.15, -0.1) is 23.5 Å². The highest BCUT2D eigenvalue weighted by molar-refractivity contribution is 7.98. The van der Waals surface area contributed by atoms with Crippen LogP contribution in [0.4, 0.5) is 5.69 Å². The zero-order chi connectivity index (χ0) is 28.4. The molecular weight excluding hydrogens is 539 g/mol. The molecule has 0 unspecified atom stereocenters. The van der Waals surface area contributed by atoms with Gasteiger partial charge in [-0.25, -0.2) is 4.85 Å². The fraction of sp³-hybridized carbons (Fsp3) is 0.162. The van der Waals surface area contributed by atoms with E-state index in [1.807, 2.05) is 6.07 Å². The van der Waals surface area contributed by atoms with Crippen molar-refractivity contribution < 1.29 is 4.74 Å². The van der Waals surface area contributed by atoms with Crippen LogP contribution >= 0.6 is 23.5 Å². The Balaban J connectivity index is 1.52. The molecule has 0 saturated heterocycles. The van der Waals surface area contributed by atoms with E-state index in [4.69, 9.17) is 11.3 Å². The van der Waals surface area contributed by atoms with Crippen molar-refractivity contribution in [3.05, 3.63) is 136 Å². The molecule has 7 rings (SSSR count). The second-order valence-corrected chi connectivity index (χ2v) is 12.9. The van der Waals surface area contributed by atoms with Crippen LogP contribution in [0.3, 0.4) is 0 Å². The summed E-state index contributed by atoms with van der Waals surface area (Å²) in [4.78, 5) is 6.20. The lowest BCUT2D eigenvalue weighted by Crippen LogP contribution is -2.35. The zero-order valence-corrected chi connectivity index (χ0v) is 25.1. The summed E-state index contributed by atoms with van der Waals surface area (Å²) in [6, 6.07) is 32.3. The van der Waals surface area contributed by atoms with Crippen LogP contribution in [0.25, 0.3) is 32.8 Å². The van der Waals surface area contributed by atoms with Gasteiger partial charge in [-0.05, 0) is 70.5 Å². The second kappa shape index (κ2) is 9.58. The normalized spacial score (nSPS) is 15.5. The minimum atomic E-state index is -0.773. The third kappa shape index (κ3) is 3.80. The Bertz CT molecular complexity index is 1860. The smallest absolute Gasteiger partial charge is 0.187 e. The van der Waals surface area contributed by atoms with Crippen molar-refractivity contribution in [1.29, 1.82) is 0 Å². The van der Waals surface area contributed by atoms with E-state index in [0.29, 0.717) is 5.69 Å². The van der Waals surface area contributed by atoms with E-state index in [1.54, 1.807) is 23.5 Å². The molecule has 0 N–H and O–H groups in total. The molecule has 0 amide bonds. The molecule has 0 atom stereocenters. The van der Waals surface area contributed by atoms with Crippen molar-refractivity contribution in [2.45, 2.75) is 34.7 Å². The molecule has 1 aliphatic carbocycles. The summed E-state index contributed by atoms with van der Waals surface area (Å²) >= 11 is 3.49. The number of hydrogen-bond donors (Lipinski definition) is 0. The van der Waals surface area contributed by atoms with Crippen LogP contribution in [0, 0.1) is 6.57 Å². The molecule has 0 saturated carbocycles. The molecule has 5 aromatic rings. The maximum Gasteiger partial charge on any atom is 0.187 e. The Morgan fingerprint density at radius 1 is 0.756 bits per heavy atom. The van der Waals surface area contributed by atoms with Gasteiger partial charge >= 0.3 is 0 Å². The molecule has 200 valence electrons. The Morgan fingerprint density at radius 2 is 1.37 bits per heavy atom. The molecule has 0 spiro atoms. The standard InChI is InChI=1S/C37H29NOS2/c1-36(2)32-22-25(38-3)14-19-30(32)33-28-8-6-7-9-29(28)35-31(34(33)36)20-21-37(39-35,23-10-15-26(40-4)16-11-23)24-12-17-27(41-5)18-13-24/h6-22H,1-2,4-5H3. The van der Waals surface area contributed by atoms with Crippen molar-refractivity contribution in [2.75, 3.05) is 12.5 Å². The van der Waals surface area contributed by atoms with Crippen LogP contribution < -0.4 is 4.74 Å². The maximum atomic E-state index is 7.63. The van der Waals surface area contributed by atoms with Crippen LogP contribution in [0.2, 0.25) is 0 Å². The molecule has 0 bridgehead atoms. The number of rotatable bonds is 4. The van der Waals surface area contributed by atoms with Crippen LogP contribution in [-0.4, -0.2) is 12.5 Å². The summed E-state index contributed by atoms with van der Waals surface area (Å²) in [5, 5.41) is 2.29. The summed E-state index contributed by atoms with van der Waals surface area (Å²) in [7, 11) is 0. The Morgan fingerprint density at radius 3 is 1.95 bits per heavy atom. The Kier molecular flexibility index (Phi) is 6.08. The van der Waals surface area contributed by atoms with Gasteiger partial charge in [-0.2, -0.15) is 0 Å². The fourth-order valence-electron chi connectivity index (χ4n) is 6.65. The average Bonchev–Trinajstić information content (AvgIpc) is 3.27. The zero-order valence-electron chi connectivity index (χ0n) is 23.5. The third-order valence-corrected chi connectivity index (χ3v) is 10.2. The van der Waals surface area contributed by atoms with E-state index in [-0.39, 0.29) is 5.41 Å². The fourth-order valence-corrected chi connectivity index (χ4v) is 7.46. The van der Waals surface area contributed by atoms with E-state index in [1.165, 1.54) is 37.4 Å². The molecule has 2 nitrogen and oxygen atoms in total. The summed E-state index contributed by atoms with van der Waals surface area (Å²) in [5.74, 6) is 0.913. The first-order chi connectivity index (χ1) is 19.9. The van der Waals surface area contributed by atoms with E-state index >= 15 is 0 Å². The van der Waals surface area contributed by atoms with Gasteiger partial charge in [-0.3, -0.25) is 0 Å². The number of benzene rings is 5. The van der Waals surface area contributed by atoms with E-state index in [0.717, 1.165) is 27.8 Å². The highest BCUT2D eigenvalue weighted by Gasteiger charge is 2.44. The third-order valence-electron chi connectivity index (χ3n) is 8.69. The van der Waals surface area contributed by atoms with E-state index in [9.17, 15) is 0 Å². The number of hydrogen-bond acceptors (Lipinski definition) is 3. The van der Waals surface area contributed by atoms with Gasteiger partial charge in [0.1, 0.15) is 5.75 Å². The summed E-state index contributed by atoms with van der Waals surface area (Å²) < 4.78 is 7.37. The van der Waals surface area contributed by atoms with E-state index < -0.39 is 5.60 Å². The van der Waals surface area contributed by atoms with Crippen molar-refractivity contribution in [3.63, 3.8) is 0 Å². The van der Waals surface area contributed by atoms with Gasteiger partial charge in [0, 0.05) is 37.3 Å². The lowest BCUT2D eigenvalue weighted by Gasteiger charge is -2.38. The van der Waals surface area contributed by atoms with Crippen molar-refractivity contribution in [2.24, 2.45) is 0 Å². The largest absolute Gasteiger partial charge is 0.472 e. The molecule has 1 aliphatic heterocycles. The molecule has 0 radical (unpaired) electrons. The first-order valence-electron chi connectivity index (χ1n) is 13.7. The van der Waals surface area contributed by atoms with E-state index in [2.05, 4.69) is 128 Å². The lowest BCUT2D eigenvalue weighted by molar-refractivity contribution is 0.163. The Hall–Kier alpha value is -3.91. The van der Waals surface area contributed by atoms with Crippen molar-refractivity contribution in [1.82, 2.24) is 0 Å². The van der Waals surface area contributed by atoms with Crippen LogP contribution in [0.15, 0.2) is 107 Å². The predicted octanol–water partition coefficient (Wildman–Crippen LogP) is 10.5. The average molecular weight is 568 g/mol. The van der Waals surface area contributed by atoms with Crippen LogP contribution in [0.5, 0.6) is 5.75 Å². The van der Waals surface area contributed by atoms with Gasteiger partial charge in [-0.1, -0.05) is 86.7 Å². The minimum Gasteiger partial charge on any atom is -0.472 e. The highest BCUT2D eigenvalue weighted by Crippen LogP contribution is 2.58. The first-order valence-corrected chi connectivity index (χ1v) is 16.1. The second-order valence-electron chi connectivity index (χ2n) is 11.1. The van der Waals surface area contributed by atoms with Gasteiger partial charge in [0.05, 0.1) is 6.57 Å². The molecular formula is C37H29NOS2. The predicted molar refractivity (Wildman–Crippen MR) is 175 cm³/mol. The van der Waals surface area contributed by atoms with Gasteiger partial charge in [0.15, 0.2) is 11.3 Å². The number of fused-ring (bicyclic) bond motifs is 8. The van der Waals surface area contributed by atoms with Crippen LogP contribution in [-0.2, 0) is 11.0 Å². The Labute approximate surface area is 250 Å². The number of ether oxygens (including phenoxy) is 1. The number of nitrogens with zero attached hydrogens (tertiary/aromatic N) is 1. The molecule has 5 aromatic carbocycles. The van der Waals surface area contributed by atoms with Crippen molar-refractivity contribution >= 4 is 46.1 Å². The maximum absolute atomic E-state index is 7.63. The monoisotopic (exact) mass is 567 g/mol. The van der Waals surface area contributed by atoms with Crippen molar-refractivity contribution in [3.8, 4) is 16.9 Å². The highest BCUT2D eigenvalue weighted by atomic mass is 32.2. The summed E-state index contributed by atoms with van der Waals surface area (Å²) in [5.41, 5.74) is 7.88. The topological polar surface area (TPSA) is 13.6 Å². The molecule has 41 heavy (non-hydrogen) atoms. The van der Waals surface area contributed by atoms with Gasteiger partial charge < -0.3 is 4.74 Å². The molecule has 2 aliphatic rings. The summed E-state index contributed by atoms with van der Waals surface area (Å²) in [6.07, 6.45) is 8.74.